The number of benzene rings is 1. The molecule has 3 aromatic rings. The van der Waals surface area contributed by atoms with Crippen molar-refractivity contribution in [2.24, 2.45) is 0 Å². The van der Waals surface area contributed by atoms with Crippen LogP contribution in [-0.2, 0) is 0 Å². The van der Waals surface area contributed by atoms with Gasteiger partial charge in [-0.2, -0.15) is 0 Å². The molecule has 3 nitrogen and oxygen atoms in total. The number of nitrogens with zero attached hydrogens (tertiary/aromatic N) is 3. The highest BCUT2D eigenvalue weighted by Gasteiger charge is 2.02. The van der Waals surface area contributed by atoms with E-state index in [9.17, 15) is 0 Å². The number of pyridine rings is 1. The Bertz CT molecular complexity index is 640. The van der Waals surface area contributed by atoms with Crippen LogP contribution in [0.5, 0.6) is 0 Å². The Kier molecular flexibility index (Phi) is 1.96. The van der Waals surface area contributed by atoms with Crippen molar-refractivity contribution < 1.29 is 0 Å². The van der Waals surface area contributed by atoms with Gasteiger partial charge in [-0.25, -0.2) is 0 Å². The third-order valence-electron chi connectivity index (χ3n) is 2.75. The van der Waals surface area contributed by atoms with Crippen molar-refractivity contribution in [2.45, 2.75) is 6.92 Å². The van der Waals surface area contributed by atoms with Crippen molar-refractivity contribution >= 4 is 5.65 Å². The highest BCUT2D eigenvalue weighted by Crippen LogP contribution is 2.22. The van der Waals surface area contributed by atoms with Crippen LogP contribution in [0.25, 0.3) is 16.8 Å². The lowest BCUT2D eigenvalue weighted by atomic mass is 10.0. The molecule has 0 bridgehead atoms. The largest absolute Gasteiger partial charge is 0.288 e. The van der Waals surface area contributed by atoms with Crippen molar-refractivity contribution in [1.82, 2.24) is 14.6 Å². The second-order valence-corrected chi connectivity index (χ2v) is 3.83. The van der Waals surface area contributed by atoms with Gasteiger partial charge in [-0.15, -0.1) is 10.2 Å². The molecular weight excluding hydrogens is 198 g/mol. The molecule has 0 unspecified atom stereocenters. The van der Waals surface area contributed by atoms with E-state index < -0.39 is 0 Å². The Morgan fingerprint density at radius 2 is 1.94 bits per heavy atom. The van der Waals surface area contributed by atoms with Gasteiger partial charge in [0, 0.05) is 6.20 Å². The van der Waals surface area contributed by atoms with Crippen molar-refractivity contribution in [3.8, 4) is 11.1 Å². The molecule has 2 heterocycles. The Hall–Kier alpha value is -2.16. The number of rotatable bonds is 1. The van der Waals surface area contributed by atoms with Gasteiger partial charge in [-0.1, -0.05) is 24.3 Å². The first kappa shape index (κ1) is 9.09. The van der Waals surface area contributed by atoms with Crippen LogP contribution < -0.4 is 0 Å². The molecule has 0 atom stereocenters. The van der Waals surface area contributed by atoms with Crippen LogP contribution in [0.15, 0.2) is 48.9 Å². The van der Waals surface area contributed by atoms with E-state index in [-0.39, 0.29) is 0 Å². The zero-order valence-electron chi connectivity index (χ0n) is 8.96. The average Bonchev–Trinajstić information content (AvgIpc) is 2.76. The van der Waals surface area contributed by atoms with Crippen LogP contribution in [0.4, 0.5) is 0 Å². The van der Waals surface area contributed by atoms with Crippen molar-refractivity contribution in [2.75, 3.05) is 0 Å². The number of aromatic nitrogens is 3. The highest BCUT2D eigenvalue weighted by molar-refractivity contribution is 5.67. The van der Waals surface area contributed by atoms with Crippen LogP contribution in [0.2, 0.25) is 0 Å². The summed E-state index contributed by atoms with van der Waals surface area (Å²) >= 11 is 0. The quantitative estimate of drug-likeness (QED) is 0.616. The average molecular weight is 209 g/mol. The van der Waals surface area contributed by atoms with E-state index >= 15 is 0 Å². The third-order valence-corrected chi connectivity index (χ3v) is 2.75. The molecule has 0 radical (unpaired) electrons. The normalized spacial score (nSPS) is 10.8. The summed E-state index contributed by atoms with van der Waals surface area (Å²) in [6, 6.07) is 12.4. The minimum absolute atomic E-state index is 0.873. The van der Waals surface area contributed by atoms with E-state index in [1.807, 2.05) is 10.5 Å². The Balaban J connectivity index is 2.22. The minimum Gasteiger partial charge on any atom is -0.288 e. The monoisotopic (exact) mass is 209 g/mol. The first-order valence-corrected chi connectivity index (χ1v) is 5.20. The zero-order chi connectivity index (χ0) is 11.0. The molecule has 2 aromatic heterocycles. The molecule has 78 valence electrons. The molecular formula is C13H11N3. The van der Waals surface area contributed by atoms with E-state index in [4.69, 9.17) is 0 Å². The first-order valence-electron chi connectivity index (χ1n) is 5.20. The molecule has 1 aromatic carbocycles. The van der Waals surface area contributed by atoms with E-state index in [1.165, 1.54) is 16.7 Å². The number of aryl methyl sites for hydroxylation is 1. The number of fused-ring (bicyclic) bond motifs is 1. The summed E-state index contributed by atoms with van der Waals surface area (Å²) in [6.07, 6.45) is 3.77. The van der Waals surface area contributed by atoms with Crippen LogP contribution in [-0.4, -0.2) is 14.6 Å². The maximum absolute atomic E-state index is 3.99. The topological polar surface area (TPSA) is 30.2 Å². The summed E-state index contributed by atoms with van der Waals surface area (Å²) in [7, 11) is 0. The maximum atomic E-state index is 3.99. The van der Waals surface area contributed by atoms with Crippen LogP contribution in [0, 0.1) is 6.92 Å². The lowest BCUT2D eigenvalue weighted by molar-refractivity contribution is 1.10. The van der Waals surface area contributed by atoms with E-state index in [0.717, 1.165) is 5.65 Å². The second-order valence-electron chi connectivity index (χ2n) is 3.83. The Morgan fingerprint density at radius 1 is 1.06 bits per heavy atom. The lowest BCUT2D eigenvalue weighted by Gasteiger charge is -2.05. The molecule has 0 spiro atoms. The van der Waals surface area contributed by atoms with Crippen LogP contribution >= 0.6 is 0 Å². The molecule has 3 rings (SSSR count). The molecule has 0 saturated heterocycles. The van der Waals surface area contributed by atoms with Crippen molar-refractivity contribution in [3.63, 3.8) is 0 Å². The van der Waals surface area contributed by atoms with Gasteiger partial charge in [-0.05, 0) is 35.7 Å². The summed E-state index contributed by atoms with van der Waals surface area (Å²) < 4.78 is 1.93. The molecule has 0 N–H and O–H groups in total. The molecule has 0 saturated carbocycles. The van der Waals surface area contributed by atoms with Gasteiger partial charge in [0.1, 0.15) is 6.33 Å². The second kappa shape index (κ2) is 3.45. The Morgan fingerprint density at radius 3 is 2.81 bits per heavy atom. The Labute approximate surface area is 93.4 Å². The fraction of sp³-hybridized carbons (Fsp3) is 0.0769. The smallest absolute Gasteiger partial charge is 0.160 e. The zero-order valence-corrected chi connectivity index (χ0v) is 8.96. The van der Waals surface area contributed by atoms with E-state index in [0.29, 0.717) is 0 Å². The predicted octanol–water partition coefficient (Wildman–Crippen LogP) is 2.70. The molecule has 0 aliphatic rings. The third kappa shape index (κ3) is 1.37. The first-order chi connectivity index (χ1) is 7.84. The van der Waals surface area contributed by atoms with Gasteiger partial charge >= 0.3 is 0 Å². The summed E-state index contributed by atoms with van der Waals surface area (Å²) in [6.45, 7) is 2.12. The fourth-order valence-corrected chi connectivity index (χ4v) is 1.88. The predicted molar refractivity (Wildman–Crippen MR) is 63.2 cm³/mol. The summed E-state index contributed by atoms with van der Waals surface area (Å²) in [5.74, 6) is 0. The van der Waals surface area contributed by atoms with Gasteiger partial charge in [0.15, 0.2) is 5.65 Å². The van der Waals surface area contributed by atoms with Crippen LogP contribution in [0.1, 0.15) is 5.56 Å². The maximum Gasteiger partial charge on any atom is 0.160 e. The molecule has 3 heteroatoms. The number of hydrogen-bond acceptors (Lipinski definition) is 2. The molecule has 0 aliphatic heterocycles. The van der Waals surface area contributed by atoms with Gasteiger partial charge in [0.25, 0.3) is 0 Å². The van der Waals surface area contributed by atoms with Gasteiger partial charge in [0.2, 0.25) is 0 Å². The minimum atomic E-state index is 0.873. The standard InChI is InChI=1S/C13H11N3/c1-10-4-2-3-5-12(10)11-6-7-13-15-14-9-16(13)8-11/h2-9H,1H3. The lowest BCUT2D eigenvalue weighted by Crippen LogP contribution is -1.87. The van der Waals surface area contributed by atoms with E-state index in [1.54, 1.807) is 6.33 Å². The summed E-state index contributed by atoms with van der Waals surface area (Å²) in [5.41, 5.74) is 4.58. The molecule has 0 fully saturated rings. The van der Waals surface area contributed by atoms with Gasteiger partial charge in [-0.3, -0.25) is 4.40 Å². The van der Waals surface area contributed by atoms with E-state index in [2.05, 4.69) is 53.6 Å². The molecule has 0 aliphatic carbocycles. The SMILES string of the molecule is Cc1ccccc1-c1ccc2nncn2c1. The van der Waals surface area contributed by atoms with Gasteiger partial charge < -0.3 is 0 Å². The summed E-state index contributed by atoms with van der Waals surface area (Å²) in [5, 5.41) is 7.86. The number of hydrogen-bond donors (Lipinski definition) is 0. The highest BCUT2D eigenvalue weighted by atomic mass is 15.2. The van der Waals surface area contributed by atoms with Gasteiger partial charge in [0.05, 0.1) is 0 Å². The molecule has 16 heavy (non-hydrogen) atoms. The van der Waals surface area contributed by atoms with Crippen LogP contribution in [0.3, 0.4) is 0 Å². The van der Waals surface area contributed by atoms with Crippen molar-refractivity contribution in [3.05, 3.63) is 54.5 Å². The molecule has 0 amide bonds. The van der Waals surface area contributed by atoms with Crippen molar-refractivity contribution in [1.29, 1.82) is 0 Å². The summed E-state index contributed by atoms with van der Waals surface area (Å²) in [4.78, 5) is 0. The fourth-order valence-electron chi connectivity index (χ4n) is 1.88.